The van der Waals surface area contributed by atoms with Gasteiger partial charge in [-0.15, -0.1) is 0 Å². The van der Waals surface area contributed by atoms with Crippen molar-refractivity contribution in [1.29, 1.82) is 0 Å². The van der Waals surface area contributed by atoms with Crippen LogP contribution in [0.15, 0.2) is 48.8 Å². The van der Waals surface area contributed by atoms with Crippen LogP contribution < -0.4 is 4.74 Å². The van der Waals surface area contributed by atoms with Gasteiger partial charge in [-0.05, 0) is 48.3 Å². The van der Waals surface area contributed by atoms with E-state index in [-0.39, 0.29) is 25.3 Å². The van der Waals surface area contributed by atoms with Gasteiger partial charge >= 0.3 is 6.09 Å². The number of hydrogen-bond donors (Lipinski definition) is 1. The first-order valence-electron chi connectivity index (χ1n) is 9.90. The van der Waals surface area contributed by atoms with E-state index in [2.05, 4.69) is 4.98 Å². The number of carbonyl (C=O) groups is 1. The number of rotatable bonds is 8. The van der Waals surface area contributed by atoms with Gasteiger partial charge in [-0.3, -0.25) is 4.98 Å². The number of aromatic nitrogens is 1. The first-order chi connectivity index (χ1) is 13.7. The maximum Gasteiger partial charge on any atom is 0.410 e. The van der Waals surface area contributed by atoms with E-state index in [1.807, 2.05) is 42.6 Å². The van der Waals surface area contributed by atoms with Crippen molar-refractivity contribution < 1.29 is 19.4 Å². The topological polar surface area (TPSA) is 71.9 Å². The van der Waals surface area contributed by atoms with Crippen LogP contribution in [0.4, 0.5) is 4.79 Å². The normalized spacial score (nSPS) is 23.0. The second kappa shape index (κ2) is 8.61. The van der Waals surface area contributed by atoms with Gasteiger partial charge in [-0.25, -0.2) is 4.79 Å². The lowest BCUT2D eigenvalue weighted by Gasteiger charge is -2.39. The van der Waals surface area contributed by atoms with E-state index in [1.54, 1.807) is 11.1 Å². The van der Waals surface area contributed by atoms with Crippen molar-refractivity contribution in [3.8, 4) is 5.75 Å². The molecule has 6 nitrogen and oxygen atoms in total. The molecule has 0 spiro atoms. The Labute approximate surface area is 165 Å². The highest BCUT2D eigenvalue weighted by Gasteiger charge is 2.38. The van der Waals surface area contributed by atoms with Crippen molar-refractivity contribution in [3.05, 3.63) is 59.9 Å². The highest BCUT2D eigenvalue weighted by Crippen LogP contribution is 2.49. The van der Waals surface area contributed by atoms with Gasteiger partial charge in [-0.2, -0.15) is 0 Å². The van der Waals surface area contributed by atoms with Crippen molar-refractivity contribution in [3.63, 3.8) is 0 Å². The first-order valence-corrected chi connectivity index (χ1v) is 9.90. The summed E-state index contributed by atoms with van der Waals surface area (Å²) in [5.41, 5.74) is 2.15. The summed E-state index contributed by atoms with van der Waals surface area (Å²) in [6.45, 7) is 1.66. The molecule has 1 amide bonds. The third-order valence-electron chi connectivity index (χ3n) is 5.61. The Balaban J connectivity index is 1.24. The summed E-state index contributed by atoms with van der Waals surface area (Å²) in [7, 11) is 0. The minimum Gasteiger partial charge on any atom is -0.490 e. The average molecular weight is 382 g/mol. The first kappa shape index (κ1) is 18.7. The van der Waals surface area contributed by atoms with Crippen LogP contribution in [0.1, 0.15) is 36.3 Å². The summed E-state index contributed by atoms with van der Waals surface area (Å²) in [6, 6.07) is 11.7. The Bertz CT molecular complexity index is 798. The molecule has 1 aromatic heterocycles. The van der Waals surface area contributed by atoms with Crippen molar-refractivity contribution in [1.82, 2.24) is 9.88 Å². The van der Waals surface area contributed by atoms with Crippen LogP contribution in [-0.4, -0.2) is 46.9 Å². The third-order valence-corrected chi connectivity index (χ3v) is 5.61. The maximum atomic E-state index is 12.3. The zero-order valence-electron chi connectivity index (χ0n) is 15.9. The number of hydrogen-bond acceptors (Lipinski definition) is 5. The predicted molar refractivity (Wildman–Crippen MR) is 104 cm³/mol. The van der Waals surface area contributed by atoms with Crippen molar-refractivity contribution in [2.75, 3.05) is 19.8 Å². The van der Waals surface area contributed by atoms with Gasteiger partial charge in [0.05, 0.1) is 12.2 Å². The summed E-state index contributed by atoms with van der Waals surface area (Å²) >= 11 is 0. The van der Waals surface area contributed by atoms with E-state index in [1.165, 1.54) is 5.56 Å². The number of likely N-dealkylation sites (tertiary alicyclic amines) is 1. The minimum atomic E-state index is -0.291. The summed E-state index contributed by atoms with van der Waals surface area (Å²) in [5.74, 6) is 1.77. The number of aliphatic hydroxyl groups is 1. The largest absolute Gasteiger partial charge is 0.490 e. The molecule has 2 heterocycles. The Morgan fingerprint density at radius 3 is 2.86 bits per heavy atom. The highest BCUT2D eigenvalue weighted by atomic mass is 16.6. The van der Waals surface area contributed by atoms with E-state index in [4.69, 9.17) is 14.6 Å². The zero-order valence-corrected chi connectivity index (χ0v) is 15.9. The Morgan fingerprint density at radius 1 is 1.25 bits per heavy atom. The predicted octanol–water partition coefficient (Wildman–Crippen LogP) is 3.36. The van der Waals surface area contributed by atoms with Gasteiger partial charge in [0.1, 0.15) is 19.0 Å². The molecular formula is C22H26N2O4. The monoisotopic (exact) mass is 382 g/mol. The molecule has 6 heteroatoms. The number of amides is 1. The summed E-state index contributed by atoms with van der Waals surface area (Å²) in [4.78, 5) is 18.3. The van der Waals surface area contributed by atoms with Gasteiger partial charge in [0.2, 0.25) is 0 Å². The highest BCUT2D eigenvalue weighted by molar-refractivity contribution is 5.69. The fourth-order valence-electron chi connectivity index (χ4n) is 3.71. The Hall–Kier alpha value is -2.60. The molecule has 1 saturated heterocycles. The van der Waals surface area contributed by atoms with Gasteiger partial charge < -0.3 is 19.5 Å². The number of benzene rings is 1. The maximum absolute atomic E-state index is 12.3. The van der Waals surface area contributed by atoms with Crippen LogP contribution in [0.3, 0.4) is 0 Å². The van der Waals surface area contributed by atoms with Gasteiger partial charge in [-0.1, -0.05) is 30.3 Å². The fraction of sp³-hybridized carbons (Fsp3) is 0.455. The molecule has 1 aliphatic carbocycles. The van der Waals surface area contributed by atoms with Crippen molar-refractivity contribution >= 4 is 6.09 Å². The van der Waals surface area contributed by atoms with Crippen LogP contribution in [-0.2, 0) is 11.3 Å². The number of nitrogens with zero attached hydrogens (tertiary/aromatic N) is 2. The molecule has 148 valence electrons. The molecule has 2 aliphatic rings. The standard InChI is InChI=1S/C22H26N2O4/c25-9-7-17-11-21(17)18-10-20(13-23-12-18)27-15-19-6-8-24(19)22(26)28-14-16-4-2-1-3-5-16/h1-5,10,12-13,17,19,21,25H,6-9,11,14-15H2/t17-,19+,21+/m1/s1. The van der Waals surface area contributed by atoms with E-state index < -0.39 is 0 Å². The molecule has 2 fully saturated rings. The summed E-state index contributed by atoms with van der Waals surface area (Å²) in [5, 5.41) is 9.06. The second-order valence-electron chi connectivity index (χ2n) is 7.56. The quantitative estimate of drug-likeness (QED) is 0.758. The molecule has 28 heavy (non-hydrogen) atoms. The van der Waals surface area contributed by atoms with E-state index in [0.717, 1.165) is 30.6 Å². The van der Waals surface area contributed by atoms with Crippen LogP contribution in [0, 0.1) is 5.92 Å². The molecule has 1 aromatic carbocycles. The van der Waals surface area contributed by atoms with Crippen LogP contribution in [0.5, 0.6) is 5.75 Å². The smallest absolute Gasteiger partial charge is 0.410 e. The number of carbonyl (C=O) groups excluding carboxylic acids is 1. The molecule has 1 N–H and O–H groups in total. The fourth-order valence-corrected chi connectivity index (χ4v) is 3.71. The summed E-state index contributed by atoms with van der Waals surface area (Å²) in [6.07, 6.45) is 6.16. The van der Waals surface area contributed by atoms with Gasteiger partial charge in [0, 0.05) is 19.3 Å². The number of pyridine rings is 1. The molecule has 4 rings (SSSR count). The van der Waals surface area contributed by atoms with Gasteiger partial charge in [0.25, 0.3) is 0 Å². The molecule has 0 unspecified atom stereocenters. The van der Waals surface area contributed by atoms with E-state index in [0.29, 0.717) is 25.0 Å². The Morgan fingerprint density at radius 2 is 2.11 bits per heavy atom. The lowest BCUT2D eigenvalue weighted by atomic mass is 10.1. The van der Waals surface area contributed by atoms with Crippen LogP contribution in [0.2, 0.25) is 0 Å². The van der Waals surface area contributed by atoms with Gasteiger partial charge in [0.15, 0.2) is 0 Å². The molecule has 3 atom stereocenters. The van der Waals surface area contributed by atoms with E-state index in [9.17, 15) is 4.79 Å². The van der Waals surface area contributed by atoms with Crippen LogP contribution >= 0.6 is 0 Å². The Kier molecular flexibility index (Phi) is 5.76. The number of ether oxygens (including phenoxy) is 2. The lowest BCUT2D eigenvalue weighted by molar-refractivity contribution is 0.0259. The lowest BCUT2D eigenvalue weighted by Crippen LogP contribution is -2.54. The molecule has 1 saturated carbocycles. The minimum absolute atomic E-state index is 0.0370. The van der Waals surface area contributed by atoms with Crippen molar-refractivity contribution in [2.24, 2.45) is 5.92 Å². The molecule has 0 bridgehead atoms. The molecule has 2 aromatic rings. The SMILES string of the molecule is O=C(OCc1ccccc1)N1CC[C@H]1COc1cncc([C@H]2C[C@H]2CCO)c1. The van der Waals surface area contributed by atoms with Crippen molar-refractivity contribution in [2.45, 2.75) is 37.8 Å². The molecular weight excluding hydrogens is 356 g/mol. The summed E-state index contributed by atoms with van der Waals surface area (Å²) < 4.78 is 11.3. The average Bonchev–Trinajstić information content (AvgIpc) is 3.46. The second-order valence-corrected chi connectivity index (χ2v) is 7.56. The van der Waals surface area contributed by atoms with E-state index >= 15 is 0 Å². The third kappa shape index (κ3) is 4.44. The zero-order chi connectivity index (χ0) is 19.3. The molecule has 0 radical (unpaired) electrons. The number of aliphatic hydroxyl groups excluding tert-OH is 1. The van der Waals surface area contributed by atoms with Crippen LogP contribution in [0.25, 0.3) is 0 Å². The molecule has 1 aliphatic heterocycles.